The van der Waals surface area contributed by atoms with Crippen LogP contribution >= 0.6 is 0 Å². The van der Waals surface area contributed by atoms with Crippen molar-refractivity contribution in [3.63, 3.8) is 0 Å². The van der Waals surface area contributed by atoms with Crippen molar-refractivity contribution in [1.82, 2.24) is 9.88 Å². The zero-order valence-electron chi connectivity index (χ0n) is 11.7. The van der Waals surface area contributed by atoms with E-state index in [0.29, 0.717) is 18.7 Å². The molecule has 1 aromatic carbocycles. The SMILES string of the molecule is COC(=O)C1COCCN1C(=O)c1ccc2cc[nH]c2c1. The van der Waals surface area contributed by atoms with Crippen LogP contribution in [0, 0.1) is 0 Å². The van der Waals surface area contributed by atoms with Crippen LogP contribution in [0.25, 0.3) is 10.9 Å². The Labute approximate surface area is 121 Å². The highest BCUT2D eigenvalue weighted by atomic mass is 16.5. The van der Waals surface area contributed by atoms with Gasteiger partial charge in [0.15, 0.2) is 6.04 Å². The van der Waals surface area contributed by atoms with Crippen LogP contribution in [0.15, 0.2) is 30.5 Å². The number of aromatic nitrogens is 1. The third-order valence-corrected chi connectivity index (χ3v) is 3.66. The first-order valence-corrected chi connectivity index (χ1v) is 6.74. The number of rotatable bonds is 2. The van der Waals surface area contributed by atoms with Crippen molar-refractivity contribution < 1.29 is 19.1 Å². The number of aromatic amines is 1. The zero-order valence-corrected chi connectivity index (χ0v) is 11.7. The predicted molar refractivity (Wildman–Crippen MR) is 76.0 cm³/mol. The van der Waals surface area contributed by atoms with Crippen LogP contribution < -0.4 is 0 Å². The summed E-state index contributed by atoms with van der Waals surface area (Å²) in [5, 5.41) is 1.04. The highest BCUT2D eigenvalue weighted by molar-refractivity contribution is 5.99. The van der Waals surface area contributed by atoms with E-state index in [1.165, 1.54) is 12.0 Å². The number of ether oxygens (including phenoxy) is 2. The number of amides is 1. The first-order chi connectivity index (χ1) is 10.2. The third-order valence-electron chi connectivity index (χ3n) is 3.66. The number of nitrogens with zero attached hydrogens (tertiary/aromatic N) is 1. The Morgan fingerprint density at radius 2 is 2.24 bits per heavy atom. The van der Waals surface area contributed by atoms with E-state index < -0.39 is 12.0 Å². The number of carbonyl (C=O) groups excluding carboxylic acids is 2. The fourth-order valence-electron chi connectivity index (χ4n) is 2.52. The quantitative estimate of drug-likeness (QED) is 0.842. The van der Waals surface area contributed by atoms with Crippen LogP contribution in [0.3, 0.4) is 0 Å². The van der Waals surface area contributed by atoms with Crippen molar-refractivity contribution in [1.29, 1.82) is 0 Å². The first kappa shape index (κ1) is 13.6. The van der Waals surface area contributed by atoms with Gasteiger partial charge in [0.25, 0.3) is 5.91 Å². The molecular formula is C15H16N2O4. The Hall–Kier alpha value is -2.34. The summed E-state index contributed by atoms with van der Waals surface area (Å²) in [6.07, 6.45) is 1.82. The van der Waals surface area contributed by atoms with Gasteiger partial charge in [0, 0.05) is 23.8 Å². The molecular weight excluding hydrogens is 272 g/mol. The number of carbonyl (C=O) groups is 2. The number of hydrogen-bond acceptors (Lipinski definition) is 4. The third kappa shape index (κ3) is 2.50. The van der Waals surface area contributed by atoms with Crippen LogP contribution in [-0.2, 0) is 14.3 Å². The molecule has 0 radical (unpaired) electrons. The molecule has 1 fully saturated rings. The molecule has 0 saturated carbocycles. The molecule has 1 atom stereocenters. The van der Waals surface area contributed by atoms with E-state index in [-0.39, 0.29) is 12.5 Å². The normalized spacial score (nSPS) is 18.7. The van der Waals surface area contributed by atoms with Gasteiger partial charge in [0.2, 0.25) is 0 Å². The summed E-state index contributed by atoms with van der Waals surface area (Å²) in [4.78, 5) is 29.0. The second kappa shape index (κ2) is 5.57. The van der Waals surface area contributed by atoms with E-state index in [1.54, 1.807) is 12.1 Å². The highest BCUT2D eigenvalue weighted by Gasteiger charge is 2.34. The summed E-state index contributed by atoms with van der Waals surface area (Å²) in [6.45, 7) is 0.967. The summed E-state index contributed by atoms with van der Waals surface area (Å²) < 4.78 is 10.0. The lowest BCUT2D eigenvalue weighted by molar-refractivity contribution is -0.151. The molecule has 21 heavy (non-hydrogen) atoms. The number of fused-ring (bicyclic) bond motifs is 1. The van der Waals surface area contributed by atoms with Crippen LogP contribution in [-0.4, -0.2) is 54.7 Å². The lowest BCUT2D eigenvalue weighted by atomic mass is 10.1. The maximum absolute atomic E-state index is 12.6. The number of esters is 1. The number of methoxy groups -OCH3 is 1. The Morgan fingerprint density at radius 3 is 3.05 bits per heavy atom. The van der Waals surface area contributed by atoms with E-state index >= 15 is 0 Å². The lowest BCUT2D eigenvalue weighted by Gasteiger charge is -2.33. The number of hydrogen-bond donors (Lipinski definition) is 1. The Balaban J connectivity index is 1.89. The molecule has 2 aromatic rings. The van der Waals surface area contributed by atoms with E-state index in [9.17, 15) is 9.59 Å². The van der Waals surface area contributed by atoms with Crippen molar-refractivity contribution in [2.75, 3.05) is 26.9 Å². The Bertz CT molecular complexity index is 679. The summed E-state index contributed by atoms with van der Waals surface area (Å²) in [5.74, 6) is -0.644. The maximum atomic E-state index is 12.6. The minimum atomic E-state index is -0.685. The van der Waals surface area contributed by atoms with E-state index in [4.69, 9.17) is 9.47 Å². The molecule has 0 aliphatic carbocycles. The molecule has 1 aromatic heterocycles. The zero-order chi connectivity index (χ0) is 14.8. The molecule has 1 saturated heterocycles. The van der Waals surface area contributed by atoms with Gasteiger partial charge in [-0.3, -0.25) is 4.79 Å². The molecule has 2 heterocycles. The van der Waals surface area contributed by atoms with Crippen LogP contribution in [0.4, 0.5) is 0 Å². The van der Waals surface area contributed by atoms with Crippen molar-refractivity contribution in [3.8, 4) is 0 Å². The van der Waals surface area contributed by atoms with Crippen molar-refractivity contribution in [3.05, 3.63) is 36.0 Å². The minimum absolute atomic E-state index is 0.170. The van der Waals surface area contributed by atoms with E-state index in [0.717, 1.165) is 10.9 Å². The molecule has 3 rings (SSSR count). The minimum Gasteiger partial charge on any atom is -0.467 e. The predicted octanol–water partition coefficient (Wildman–Crippen LogP) is 1.18. The van der Waals surface area contributed by atoms with Gasteiger partial charge in [0.05, 0.1) is 20.3 Å². The molecule has 1 unspecified atom stereocenters. The second-order valence-corrected chi connectivity index (χ2v) is 4.89. The van der Waals surface area contributed by atoms with Gasteiger partial charge in [-0.15, -0.1) is 0 Å². The second-order valence-electron chi connectivity index (χ2n) is 4.89. The summed E-state index contributed by atoms with van der Waals surface area (Å²) in [7, 11) is 1.31. The molecule has 1 aliphatic rings. The highest BCUT2D eigenvalue weighted by Crippen LogP contribution is 2.18. The van der Waals surface area contributed by atoms with Gasteiger partial charge >= 0.3 is 5.97 Å². The molecule has 0 spiro atoms. The van der Waals surface area contributed by atoms with Crippen LogP contribution in [0.2, 0.25) is 0 Å². The molecule has 1 amide bonds. The molecule has 0 bridgehead atoms. The van der Waals surface area contributed by atoms with Gasteiger partial charge in [-0.2, -0.15) is 0 Å². The average molecular weight is 288 g/mol. The van der Waals surface area contributed by atoms with Crippen LogP contribution in [0.1, 0.15) is 10.4 Å². The number of nitrogens with one attached hydrogen (secondary N) is 1. The molecule has 1 aliphatic heterocycles. The maximum Gasteiger partial charge on any atom is 0.331 e. The smallest absolute Gasteiger partial charge is 0.331 e. The Morgan fingerprint density at radius 1 is 1.38 bits per heavy atom. The lowest BCUT2D eigenvalue weighted by Crippen LogP contribution is -2.53. The van der Waals surface area contributed by atoms with Crippen molar-refractivity contribution >= 4 is 22.8 Å². The summed E-state index contributed by atoms with van der Waals surface area (Å²) >= 11 is 0. The van der Waals surface area contributed by atoms with Gasteiger partial charge in [-0.25, -0.2) is 4.79 Å². The fourth-order valence-corrected chi connectivity index (χ4v) is 2.52. The van der Waals surface area contributed by atoms with Gasteiger partial charge in [0.1, 0.15) is 0 Å². The molecule has 6 nitrogen and oxygen atoms in total. The topological polar surface area (TPSA) is 71.6 Å². The van der Waals surface area contributed by atoms with E-state index in [2.05, 4.69) is 4.98 Å². The monoisotopic (exact) mass is 288 g/mol. The first-order valence-electron chi connectivity index (χ1n) is 6.74. The number of H-pyrrole nitrogens is 1. The van der Waals surface area contributed by atoms with Gasteiger partial charge in [-0.1, -0.05) is 6.07 Å². The average Bonchev–Trinajstić information content (AvgIpc) is 3.01. The Kier molecular flexibility index (Phi) is 3.62. The van der Waals surface area contributed by atoms with Gasteiger partial charge < -0.3 is 19.4 Å². The standard InChI is InChI=1S/C15H16N2O4/c1-20-15(19)13-9-21-7-6-17(13)14(18)11-3-2-10-4-5-16-12(10)8-11/h2-5,8,13,16H,6-7,9H2,1H3. The number of morpholine rings is 1. The van der Waals surface area contributed by atoms with Gasteiger partial charge in [-0.05, 0) is 23.6 Å². The van der Waals surface area contributed by atoms with Crippen molar-refractivity contribution in [2.24, 2.45) is 0 Å². The molecule has 6 heteroatoms. The summed E-state index contributed by atoms with van der Waals surface area (Å²) in [5.41, 5.74) is 1.43. The fraction of sp³-hybridized carbons (Fsp3) is 0.333. The number of benzene rings is 1. The van der Waals surface area contributed by atoms with Crippen LogP contribution in [0.5, 0.6) is 0 Å². The largest absolute Gasteiger partial charge is 0.467 e. The molecule has 110 valence electrons. The van der Waals surface area contributed by atoms with E-state index in [1.807, 2.05) is 18.3 Å². The van der Waals surface area contributed by atoms with Crippen molar-refractivity contribution in [2.45, 2.75) is 6.04 Å². The summed E-state index contributed by atoms with van der Waals surface area (Å²) in [6, 6.07) is 6.70. The molecule has 1 N–H and O–H groups in total.